The van der Waals surface area contributed by atoms with E-state index in [2.05, 4.69) is 19.9 Å². The Morgan fingerprint density at radius 2 is 1.66 bits per heavy atom. The van der Waals surface area contributed by atoms with E-state index >= 15 is 0 Å². The number of nitrogens with one attached hydrogen (secondary N) is 1. The van der Waals surface area contributed by atoms with Crippen LogP contribution in [0.15, 0.2) is 35.6 Å². The number of rotatable bonds is 7. The number of aliphatic hydroxyl groups is 4. The van der Waals surface area contributed by atoms with Gasteiger partial charge in [0.25, 0.3) is 5.56 Å². The van der Waals surface area contributed by atoms with E-state index in [1.807, 2.05) is 0 Å². The lowest BCUT2D eigenvalue weighted by Crippen LogP contribution is -2.36. The number of H-pyrrole nitrogens is 1. The predicted octanol–water partition coefficient (Wildman–Crippen LogP) is -2.23. The number of nitrogens with two attached hydrogens (primary N) is 2. The van der Waals surface area contributed by atoms with E-state index in [0.717, 1.165) is 0 Å². The van der Waals surface area contributed by atoms with Gasteiger partial charge in [-0.3, -0.25) is 14.3 Å². The Bertz CT molecular complexity index is 1710. The number of fused-ring (bicyclic) bond motifs is 2. The molecule has 9 atom stereocenters. The van der Waals surface area contributed by atoms with Crippen LogP contribution in [0, 0.1) is 0 Å². The molecule has 0 aromatic carbocycles. The summed E-state index contributed by atoms with van der Waals surface area (Å²) in [5.74, 6) is -0.0151. The Morgan fingerprint density at radius 1 is 0.976 bits per heavy atom. The number of hydrogen-bond donors (Lipinski definition) is 8. The fourth-order valence-electron chi connectivity index (χ4n) is 5.29. The molecule has 18 nitrogen and oxygen atoms in total. The number of aliphatic hydroxyl groups excluding tert-OH is 4. The number of aromatic nitrogens is 6. The van der Waals surface area contributed by atoms with Crippen molar-refractivity contribution < 1.29 is 43.9 Å². The molecule has 6 rings (SSSR count). The minimum atomic E-state index is -4.84. The van der Waals surface area contributed by atoms with Crippen molar-refractivity contribution in [2.75, 3.05) is 24.7 Å². The lowest BCUT2D eigenvalue weighted by Gasteiger charge is -2.27. The number of aromatic amines is 1. The Labute approximate surface area is 229 Å². The smallest absolute Gasteiger partial charge is 0.338 e. The van der Waals surface area contributed by atoms with Crippen molar-refractivity contribution in [3.05, 3.63) is 41.2 Å². The van der Waals surface area contributed by atoms with Gasteiger partial charge in [0, 0.05) is 12.4 Å². The molecule has 0 radical (unpaired) electrons. The van der Waals surface area contributed by atoms with Gasteiger partial charge in [-0.05, 0) is 12.1 Å². The van der Waals surface area contributed by atoms with Gasteiger partial charge in [0.15, 0.2) is 18.1 Å². The molecule has 6 heterocycles. The minimum absolute atomic E-state index is 0.0101. The minimum Gasteiger partial charge on any atom is -0.394 e. The van der Waals surface area contributed by atoms with E-state index in [0.29, 0.717) is 11.0 Å². The molecule has 0 spiro atoms. The zero-order chi connectivity index (χ0) is 29.2. The van der Waals surface area contributed by atoms with Gasteiger partial charge in [0.05, 0.1) is 24.0 Å². The highest BCUT2D eigenvalue weighted by Gasteiger charge is 2.55. The molecule has 0 bridgehead atoms. The summed E-state index contributed by atoms with van der Waals surface area (Å²) in [7, 11) is -4.84. The molecule has 41 heavy (non-hydrogen) atoms. The van der Waals surface area contributed by atoms with Crippen molar-refractivity contribution in [3.8, 4) is 0 Å². The van der Waals surface area contributed by atoms with Crippen molar-refractivity contribution >= 4 is 41.4 Å². The van der Waals surface area contributed by atoms with Crippen LogP contribution in [0.2, 0.25) is 0 Å². The molecule has 2 aliphatic rings. The molecule has 19 heteroatoms. The van der Waals surface area contributed by atoms with Gasteiger partial charge in [0.2, 0.25) is 5.95 Å². The van der Waals surface area contributed by atoms with Crippen molar-refractivity contribution in [2.45, 2.75) is 48.6 Å². The number of nitrogen functional groups attached to an aromatic ring is 2. The first-order chi connectivity index (χ1) is 19.5. The van der Waals surface area contributed by atoms with Crippen LogP contribution >= 0.6 is 7.60 Å². The Morgan fingerprint density at radius 3 is 2.39 bits per heavy atom. The van der Waals surface area contributed by atoms with E-state index in [4.69, 9.17) is 25.5 Å². The van der Waals surface area contributed by atoms with Crippen LogP contribution in [0.5, 0.6) is 0 Å². The van der Waals surface area contributed by atoms with Crippen molar-refractivity contribution in [3.63, 3.8) is 0 Å². The fraction of sp³-hybridized carbons (Fsp3) is 0.455. The summed E-state index contributed by atoms with van der Waals surface area (Å²) in [6.45, 7) is -1.36. The average molecular weight is 594 g/mol. The van der Waals surface area contributed by atoms with Gasteiger partial charge in [-0.1, -0.05) is 0 Å². The van der Waals surface area contributed by atoms with Crippen molar-refractivity contribution in [1.29, 1.82) is 0 Å². The van der Waals surface area contributed by atoms with Gasteiger partial charge >= 0.3 is 7.60 Å². The number of hydrogen-bond acceptors (Lipinski definition) is 14. The van der Waals surface area contributed by atoms with Crippen LogP contribution in [0.3, 0.4) is 0 Å². The van der Waals surface area contributed by atoms with Gasteiger partial charge in [-0.15, -0.1) is 0 Å². The molecule has 1 unspecified atom stereocenters. The standard InChI is InChI=1S/C22H27N8O10P/c23-16-8-1-3-29(17(8)26-7-25-16)20-14(34)12(32)11(40-20)6-38-41(36,37)15-13(33)10(5-31)39-21(15)30-4-2-9-18(30)27-22(24)28-19(9)35/h1-4,7,10-15,20-21,31-34H,5-6H2,(H,36,37)(H2,23,25,26)(H3,24,27,28,35)/t10-,11-,12-,13-,14-,15-,20-,21-/m1/s1. The first kappa shape index (κ1) is 27.7. The van der Waals surface area contributed by atoms with Gasteiger partial charge in [0.1, 0.15) is 54.0 Å². The van der Waals surface area contributed by atoms with Crippen LogP contribution < -0.4 is 17.0 Å². The predicted molar refractivity (Wildman–Crippen MR) is 139 cm³/mol. The Hall–Kier alpha value is -3.45. The number of nitrogens with zero attached hydrogens (tertiary/aromatic N) is 5. The second-order valence-electron chi connectivity index (χ2n) is 9.77. The van der Waals surface area contributed by atoms with E-state index in [9.17, 15) is 34.7 Å². The topological polar surface area (TPSA) is 279 Å². The van der Waals surface area contributed by atoms with Crippen molar-refractivity contribution in [2.24, 2.45) is 0 Å². The molecule has 220 valence electrons. The van der Waals surface area contributed by atoms with Gasteiger partial charge < -0.3 is 59.9 Å². The number of ether oxygens (including phenoxy) is 2. The molecule has 2 fully saturated rings. The van der Waals surface area contributed by atoms with E-state index in [1.165, 1.54) is 33.9 Å². The summed E-state index contributed by atoms with van der Waals surface area (Å²) in [6, 6.07) is 3.00. The summed E-state index contributed by atoms with van der Waals surface area (Å²) in [4.78, 5) is 37.8. The molecule has 2 saturated heterocycles. The van der Waals surface area contributed by atoms with Gasteiger partial charge in [-0.25, -0.2) is 9.97 Å². The first-order valence-electron chi connectivity index (χ1n) is 12.4. The quantitative estimate of drug-likeness (QED) is 0.105. The lowest BCUT2D eigenvalue weighted by atomic mass is 10.1. The maximum atomic E-state index is 13.6. The van der Waals surface area contributed by atoms with Crippen molar-refractivity contribution in [1.82, 2.24) is 29.1 Å². The molecule has 4 aromatic heterocycles. The third-order valence-electron chi connectivity index (χ3n) is 7.34. The zero-order valence-corrected chi connectivity index (χ0v) is 21.9. The molecule has 10 N–H and O–H groups in total. The third kappa shape index (κ3) is 4.49. The Balaban J connectivity index is 1.25. The molecule has 2 aliphatic heterocycles. The maximum absolute atomic E-state index is 13.6. The largest absolute Gasteiger partial charge is 0.394 e. The second-order valence-corrected chi connectivity index (χ2v) is 11.7. The molecule has 4 aromatic rings. The maximum Gasteiger partial charge on any atom is 0.338 e. The fourth-order valence-corrected chi connectivity index (χ4v) is 6.94. The second kappa shape index (κ2) is 10.1. The highest BCUT2D eigenvalue weighted by molar-refractivity contribution is 7.53. The molecular formula is C22H27N8O10P. The number of anilines is 2. The van der Waals surface area contributed by atoms with Gasteiger partial charge in [-0.2, -0.15) is 4.98 Å². The van der Waals surface area contributed by atoms with Crippen LogP contribution in [0.25, 0.3) is 22.1 Å². The zero-order valence-electron chi connectivity index (χ0n) is 21.0. The van der Waals surface area contributed by atoms with Crippen LogP contribution in [0.4, 0.5) is 11.8 Å². The SMILES string of the molecule is Nc1nc2c(ccn2[C@@H]2O[C@H](CO)[C@@H](O)[C@H]2P(=O)(O)OC[C@H]2O[C@@H](n3ccc4c(N)ncnc43)[C@H](O)[C@@H]2O)c(=O)[nH]1. The van der Waals surface area contributed by atoms with E-state index in [-0.39, 0.29) is 22.8 Å². The molecule has 0 amide bonds. The van der Waals surface area contributed by atoms with Crippen LogP contribution in [0.1, 0.15) is 12.5 Å². The highest BCUT2D eigenvalue weighted by atomic mass is 31.2. The third-order valence-corrected chi connectivity index (χ3v) is 9.18. The van der Waals surface area contributed by atoms with Crippen LogP contribution in [-0.4, -0.2) is 104 Å². The molecular weight excluding hydrogens is 567 g/mol. The lowest BCUT2D eigenvalue weighted by molar-refractivity contribution is -0.0494. The highest BCUT2D eigenvalue weighted by Crippen LogP contribution is 2.57. The van der Waals surface area contributed by atoms with Crippen LogP contribution in [-0.2, 0) is 18.6 Å². The Kier molecular flexibility index (Phi) is 6.84. The first-order valence-corrected chi connectivity index (χ1v) is 14.0. The molecule has 0 saturated carbocycles. The summed E-state index contributed by atoms with van der Waals surface area (Å²) >= 11 is 0. The van der Waals surface area contributed by atoms with E-state index < -0.39 is 75.0 Å². The summed E-state index contributed by atoms with van der Waals surface area (Å²) in [5, 5.41) is 42.5. The average Bonchev–Trinajstić information content (AvgIpc) is 3.68. The summed E-state index contributed by atoms with van der Waals surface area (Å²) in [5.41, 5.74) is 9.65. The normalized spacial score (nSPS) is 31.7. The summed E-state index contributed by atoms with van der Waals surface area (Å²) < 4.78 is 33.1. The monoisotopic (exact) mass is 594 g/mol. The summed E-state index contributed by atoms with van der Waals surface area (Å²) in [6.07, 6.45) is -5.66. The van der Waals surface area contributed by atoms with E-state index in [1.54, 1.807) is 6.07 Å². The molecule has 0 aliphatic carbocycles.